The van der Waals surface area contributed by atoms with Crippen molar-refractivity contribution in [2.75, 3.05) is 13.7 Å². The minimum absolute atomic E-state index is 0.112. The quantitative estimate of drug-likeness (QED) is 0.339. The lowest BCUT2D eigenvalue weighted by atomic mass is 10.1. The Balaban J connectivity index is 5.02. The number of rotatable bonds is 10. The van der Waals surface area contributed by atoms with Gasteiger partial charge in [-0.25, -0.2) is 4.79 Å². The average Bonchev–Trinajstić information content (AvgIpc) is 2.58. The summed E-state index contributed by atoms with van der Waals surface area (Å²) in [6.45, 7) is 6.79. The van der Waals surface area contributed by atoms with Gasteiger partial charge in [-0.1, -0.05) is 32.5 Å². The van der Waals surface area contributed by atoms with Crippen LogP contribution >= 0.6 is 11.8 Å². The first-order valence-corrected chi connectivity index (χ1v) is 8.83. The van der Waals surface area contributed by atoms with E-state index in [1.165, 1.54) is 6.92 Å². The molecule has 3 unspecified atom stereocenters. The molecule has 0 spiro atoms. The van der Waals surface area contributed by atoms with Crippen LogP contribution in [-0.4, -0.2) is 53.8 Å². The van der Waals surface area contributed by atoms with E-state index in [0.717, 1.165) is 7.11 Å². The van der Waals surface area contributed by atoms with Crippen LogP contribution in [0.25, 0.3) is 0 Å². The van der Waals surface area contributed by atoms with Gasteiger partial charge >= 0.3 is 11.9 Å². The Morgan fingerprint density at radius 2 is 1.68 bits per heavy atom. The van der Waals surface area contributed by atoms with E-state index in [1.54, 1.807) is 13.8 Å². The number of carbonyl (C=O) groups is 5. The van der Waals surface area contributed by atoms with E-state index in [9.17, 15) is 24.0 Å². The van der Waals surface area contributed by atoms with Crippen LogP contribution < -0.4 is 5.32 Å². The molecule has 0 aliphatic carbocycles. The molecule has 0 rings (SSSR count). The second-order valence-electron chi connectivity index (χ2n) is 5.33. The molecule has 0 heterocycles. The van der Waals surface area contributed by atoms with E-state index in [4.69, 9.17) is 4.74 Å². The van der Waals surface area contributed by atoms with Crippen LogP contribution in [0.4, 0.5) is 0 Å². The molecule has 0 aromatic heterocycles. The summed E-state index contributed by atoms with van der Waals surface area (Å²) in [5.41, 5.74) is 0. The van der Waals surface area contributed by atoms with Crippen LogP contribution in [0.3, 0.4) is 0 Å². The van der Waals surface area contributed by atoms with E-state index < -0.39 is 40.5 Å². The summed E-state index contributed by atoms with van der Waals surface area (Å²) < 4.78 is 9.26. The van der Waals surface area contributed by atoms with Crippen molar-refractivity contribution in [3.8, 4) is 0 Å². The van der Waals surface area contributed by atoms with Crippen molar-refractivity contribution >= 4 is 40.5 Å². The number of amides is 1. The van der Waals surface area contributed by atoms with Crippen molar-refractivity contribution in [2.24, 2.45) is 5.92 Å². The average molecular weight is 375 g/mol. The Morgan fingerprint density at radius 1 is 1.08 bits per heavy atom. The topological polar surface area (TPSA) is 116 Å². The van der Waals surface area contributed by atoms with Crippen LogP contribution in [-0.2, 0) is 33.4 Å². The lowest BCUT2D eigenvalue weighted by Gasteiger charge is -2.23. The van der Waals surface area contributed by atoms with Crippen LogP contribution in [0.2, 0.25) is 0 Å². The minimum atomic E-state index is -1.08. The molecule has 3 atom stereocenters. The molecule has 0 aliphatic rings. The number of carbonyl (C=O) groups excluding carboxylic acids is 5. The van der Waals surface area contributed by atoms with Crippen molar-refractivity contribution in [3.05, 3.63) is 0 Å². The van der Waals surface area contributed by atoms with Gasteiger partial charge in [0.2, 0.25) is 11.7 Å². The predicted octanol–water partition coefficient (Wildman–Crippen LogP) is 0.861. The number of ether oxygens (including phenoxy) is 2. The molecule has 0 aliphatic heterocycles. The van der Waals surface area contributed by atoms with Gasteiger partial charge in [-0.05, 0) is 13.3 Å². The summed E-state index contributed by atoms with van der Waals surface area (Å²) >= 11 is 0.572. The van der Waals surface area contributed by atoms with Gasteiger partial charge in [0, 0.05) is 11.2 Å². The number of methoxy groups -OCH3 is 1. The molecule has 0 aromatic carbocycles. The predicted molar refractivity (Wildman–Crippen MR) is 91.7 cm³/mol. The first-order valence-electron chi connectivity index (χ1n) is 7.95. The van der Waals surface area contributed by atoms with Crippen molar-refractivity contribution in [2.45, 2.75) is 51.8 Å². The highest BCUT2D eigenvalue weighted by Crippen LogP contribution is 2.19. The lowest BCUT2D eigenvalue weighted by molar-refractivity contribution is -0.148. The number of esters is 2. The third kappa shape index (κ3) is 8.15. The zero-order chi connectivity index (χ0) is 19.6. The van der Waals surface area contributed by atoms with Gasteiger partial charge in [0.25, 0.3) is 5.12 Å². The second-order valence-corrected chi connectivity index (χ2v) is 6.68. The summed E-state index contributed by atoms with van der Waals surface area (Å²) in [6.07, 6.45) is -0.0855. The fourth-order valence-electron chi connectivity index (χ4n) is 1.66. The van der Waals surface area contributed by atoms with Gasteiger partial charge < -0.3 is 14.8 Å². The van der Waals surface area contributed by atoms with E-state index >= 15 is 0 Å². The van der Waals surface area contributed by atoms with Gasteiger partial charge in [0.05, 0.1) is 13.7 Å². The monoisotopic (exact) mass is 375 g/mol. The molecule has 0 radical (unpaired) electrons. The number of ketones is 1. The maximum atomic E-state index is 12.1. The third-order valence-corrected chi connectivity index (χ3v) is 4.51. The van der Waals surface area contributed by atoms with Gasteiger partial charge in [0.15, 0.2) is 0 Å². The summed E-state index contributed by atoms with van der Waals surface area (Å²) in [7, 11) is 1.11. The Morgan fingerprint density at radius 3 is 2.16 bits per heavy atom. The van der Waals surface area contributed by atoms with Gasteiger partial charge in [-0.3, -0.25) is 19.2 Å². The maximum Gasteiger partial charge on any atom is 0.329 e. The maximum absolute atomic E-state index is 12.1. The van der Waals surface area contributed by atoms with Crippen LogP contribution in [0.1, 0.15) is 40.5 Å². The molecule has 0 saturated heterocycles. The van der Waals surface area contributed by atoms with Crippen LogP contribution in [0.15, 0.2) is 0 Å². The zero-order valence-corrected chi connectivity index (χ0v) is 15.9. The highest BCUT2D eigenvalue weighted by molar-refractivity contribution is 8.16. The summed E-state index contributed by atoms with van der Waals surface area (Å²) in [4.78, 5) is 58.8. The lowest BCUT2D eigenvalue weighted by Crippen LogP contribution is -2.49. The molecule has 0 bridgehead atoms. The van der Waals surface area contributed by atoms with Crippen molar-refractivity contribution in [1.29, 1.82) is 0 Å². The van der Waals surface area contributed by atoms with Crippen molar-refractivity contribution in [3.63, 3.8) is 0 Å². The number of hydrogen-bond acceptors (Lipinski definition) is 8. The van der Waals surface area contributed by atoms with Gasteiger partial charge in [0.1, 0.15) is 12.5 Å². The van der Waals surface area contributed by atoms with E-state index in [-0.39, 0.29) is 18.4 Å². The first kappa shape index (κ1) is 23.1. The second kappa shape index (κ2) is 11.6. The summed E-state index contributed by atoms with van der Waals surface area (Å²) in [5, 5.41) is 0.926. The first-order chi connectivity index (χ1) is 11.7. The summed E-state index contributed by atoms with van der Waals surface area (Å²) in [6, 6.07) is -1.08. The molecule has 0 fully saturated rings. The molecule has 9 heteroatoms. The van der Waals surface area contributed by atoms with E-state index in [2.05, 4.69) is 10.1 Å². The highest BCUT2D eigenvalue weighted by Gasteiger charge is 2.33. The zero-order valence-electron chi connectivity index (χ0n) is 15.1. The number of nitrogens with one attached hydrogen (secondary N) is 1. The number of hydrogen-bond donors (Lipinski definition) is 1. The standard InChI is InChI=1S/C16H25NO7S/c1-6-9(3)14(20)17-13(15(21)24-7-2)10(4)25-16(22)11(18)8-12(19)23-5/h9-10,13H,6-8H2,1-5H3,(H,17,20). The van der Waals surface area contributed by atoms with Crippen molar-refractivity contribution < 1.29 is 33.4 Å². The van der Waals surface area contributed by atoms with E-state index in [1.807, 2.05) is 6.92 Å². The highest BCUT2D eigenvalue weighted by atomic mass is 32.2. The van der Waals surface area contributed by atoms with Gasteiger partial charge in [-0.2, -0.15) is 0 Å². The van der Waals surface area contributed by atoms with Crippen LogP contribution in [0, 0.1) is 5.92 Å². The number of thioether (sulfide) groups is 1. The SMILES string of the molecule is CCOC(=O)C(NC(=O)C(C)CC)C(C)SC(=O)C(=O)CC(=O)OC. The number of Topliss-reactive ketones (excluding diaryl/α,β-unsaturated/α-hetero) is 1. The normalized spacial score (nSPS) is 14.0. The van der Waals surface area contributed by atoms with E-state index in [0.29, 0.717) is 18.2 Å². The molecule has 25 heavy (non-hydrogen) atoms. The Labute approximate surface area is 151 Å². The molecule has 142 valence electrons. The molecule has 0 aromatic rings. The molecule has 1 N–H and O–H groups in total. The Bertz CT molecular complexity index is 521. The Kier molecular flexibility index (Phi) is 10.7. The smallest absolute Gasteiger partial charge is 0.329 e. The molecular formula is C16H25NO7S. The fourth-order valence-corrected chi connectivity index (χ4v) is 2.52. The van der Waals surface area contributed by atoms with Crippen molar-refractivity contribution in [1.82, 2.24) is 5.32 Å². The van der Waals surface area contributed by atoms with Gasteiger partial charge in [-0.15, -0.1) is 0 Å². The largest absolute Gasteiger partial charge is 0.469 e. The fraction of sp³-hybridized carbons (Fsp3) is 0.688. The van der Waals surface area contributed by atoms with Crippen LogP contribution in [0.5, 0.6) is 0 Å². The molecule has 0 saturated carbocycles. The molecular weight excluding hydrogens is 350 g/mol. The Hall–Kier alpha value is -1.90. The minimum Gasteiger partial charge on any atom is -0.469 e. The molecule has 1 amide bonds. The molecule has 8 nitrogen and oxygen atoms in total. The third-order valence-electron chi connectivity index (χ3n) is 3.42. The summed E-state index contributed by atoms with van der Waals surface area (Å²) in [5.74, 6) is -3.10.